The Kier molecular flexibility index (Phi) is 5.24. The number of methoxy groups -OCH3 is 1. The van der Waals surface area contributed by atoms with Gasteiger partial charge in [-0.25, -0.2) is 0 Å². The van der Waals surface area contributed by atoms with Crippen LogP contribution in [0.3, 0.4) is 0 Å². The van der Waals surface area contributed by atoms with Crippen molar-refractivity contribution in [3.05, 3.63) is 60.2 Å². The van der Waals surface area contributed by atoms with Crippen molar-refractivity contribution < 1.29 is 9.53 Å². The van der Waals surface area contributed by atoms with E-state index in [0.717, 1.165) is 31.1 Å². The minimum absolute atomic E-state index is 0.308. The van der Waals surface area contributed by atoms with E-state index in [1.807, 2.05) is 30.3 Å². The highest BCUT2D eigenvalue weighted by Crippen LogP contribution is 2.32. The number of benzene rings is 2. The summed E-state index contributed by atoms with van der Waals surface area (Å²) in [6.07, 6.45) is 1.35. The summed E-state index contributed by atoms with van der Waals surface area (Å²) in [5.41, 5.74) is 7.13. The van der Waals surface area contributed by atoms with Crippen LogP contribution in [0.2, 0.25) is 0 Å². The van der Waals surface area contributed by atoms with Crippen LogP contribution in [-0.2, 0) is 11.3 Å². The number of amides is 1. The van der Waals surface area contributed by atoms with Crippen LogP contribution in [0.4, 0.5) is 5.69 Å². The van der Waals surface area contributed by atoms with Crippen molar-refractivity contribution in [1.29, 1.82) is 0 Å². The van der Waals surface area contributed by atoms with Crippen LogP contribution in [0.15, 0.2) is 54.6 Å². The van der Waals surface area contributed by atoms with Crippen molar-refractivity contribution in [3.63, 3.8) is 0 Å². The summed E-state index contributed by atoms with van der Waals surface area (Å²) in [6, 6.07) is 18.0. The van der Waals surface area contributed by atoms with Crippen LogP contribution in [0, 0.1) is 0 Å². The number of carbonyl (C=O) groups excluding carboxylic acids is 1. The number of hydrogen-bond acceptors (Lipinski definition) is 4. The molecule has 5 heteroatoms. The number of likely N-dealkylation sites (tertiary alicyclic amines) is 1. The first-order valence-electron chi connectivity index (χ1n) is 8.60. The molecule has 1 aliphatic rings. The van der Waals surface area contributed by atoms with Gasteiger partial charge in [0.15, 0.2) is 0 Å². The summed E-state index contributed by atoms with van der Waals surface area (Å²) in [5.74, 6) is 0.410. The van der Waals surface area contributed by atoms with Crippen LogP contribution in [-0.4, -0.2) is 36.5 Å². The monoisotopic (exact) mass is 339 g/mol. The molecule has 0 aromatic heterocycles. The second kappa shape index (κ2) is 7.57. The first-order valence-corrected chi connectivity index (χ1v) is 8.60. The molecule has 3 rings (SSSR count). The number of carbonyl (C=O) groups is 1. The van der Waals surface area contributed by atoms with E-state index < -0.39 is 5.54 Å². The van der Waals surface area contributed by atoms with E-state index in [-0.39, 0.29) is 5.91 Å². The number of nitrogens with one attached hydrogen (secondary N) is 1. The molecule has 0 saturated carbocycles. The molecule has 1 saturated heterocycles. The van der Waals surface area contributed by atoms with Crippen molar-refractivity contribution in [2.75, 3.05) is 25.5 Å². The molecule has 0 atom stereocenters. The fourth-order valence-electron chi connectivity index (χ4n) is 3.37. The molecule has 2 aromatic rings. The van der Waals surface area contributed by atoms with Crippen molar-refractivity contribution in [2.24, 2.45) is 5.73 Å². The summed E-state index contributed by atoms with van der Waals surface area (Å²) in [7, 11) is 1.62. The van der Waals surface area contributed by atoms with E-state index in [9.17, 15) is 4.79 Å². The molecule has 3 N–H and O–H groups in total. The summed E-state index contributed by atoms with van der Waals surface area (Å²) >= 11 is 0. The number of piperidine rings is 1. The lowest BCUT2D eigenvalue weighted by molar-refractivity contribution is -0.123. The van der Waals surface area contributed by atoms with Crippen LogP contribution in [0.5, 0.6) is 5.75 Å². The van der Waals surface area contributed by atoms with Gasteiger partial charge in [0.2, 0.25) is 5.91 Å². The predicted octanol–water partition coefficient (Wildman–Crippen LogP) is 2.63. The number of primary amides is 1. The highest BCUT2D eigenvalue weighted by atomic mass is 16.5. The summed E-state index contributed by atoms with van der Waals surface area (Å²) in [5, 5.41) is 3.37. The Morgan fingerprint density at radius 3 is 2.40 bits per heavy atom. The maximum absolute atomic E-state index is 12.2. The topological polar surface area (TPSA) is 67.6 Å². The maximum atomic E-state index is 12.2. The Balaban J connectivity index is 1.70. The minimum Gasteiger partial charge on any atom is -0.495 e. The number of hydrogen-bond donors (Lipinski definition) is 2. The van der Waals surface area contributed by atoms with Gasteiger partial charge < -0.3 is 15.8 Å². The SMILES string of the molecule is COc1ccccc1NC1(C(N)=O)CCN(Cc2ccccc2)CC1. The molecule has 0 radical (unpaired) electrons. The Morgan fingerprint density at radius 1 is 1.12 bits per heavy atom. The van der Waals surface area contributed by atoms with Crippen LogP contribution in [0.25, 0.3) is 0 Å². The molecule has 0 aliphatic carbocycles. The van der Waals surface area contributed by atoms with Gasteiger partial charge in [-0.3, -0.25) is 9.69 Å². The first kappa shape index (κ1) is 17.3. The number of nitrogens with two attached hydrogens (primary N) is 1. The van der Waals surface area contributed by atoms with Gasteiger partial charge in [-0.05, 0) is 30.5 Å². The Morgan fingerprint density at radius 2 is 1.76 bits per heavy atom. The zero-order valence-corrected chi connectivity index (χ0v) is 14.6. The van der Waals surface area contributed by atoms with Gasteiger partial charge in [0.25, 0.3) is 0 Å². The number of para-hydroxylation sites is 2. The first-order chi connectivity index (χ1) is 12.1. The zero-order chi connectivity index (χ0) is 17.7. The van der Waals surface area contributed by atoms with Crippen LogP contribution < -0.4 is 15.8 Å². The van der Waals surface area contributed by atoms with Crippen molar-refractivity contribution >= 4 is 11.6 Å². The molecule has 1 heterocycles. The van der Waals surface area contributed by atoms with Gasteiger partial charge in [-0.2, -0.15) is 0 Å². The normalized spacial score (nSPS) is 17.0. The number of rotatable bonds is 6. The quantitative estimate of drug-likeness (QED) is 0.849. The lowest BCUT2D eigenvalue weighted by Crippen LogP contribution is -2.57. The van der Waals surface area contributed by atoms with Gasteiger partial charge in [-0.1, -0.05) is 42.5 Å². The number of nitrogens with zero attached hydrogens (tertiary/aromatic N) is 1. The predicted molar refractivity (Wildman–Crippen MR) is 99.5 cm³/mol. The number of ether oxygens (including phenoxy) is 1. The molecular formula is C20H25N3O2. The molecule has 2 aromatic carbocycles. The molecule has 1 amide bonds. The second-order valence-corrected chi connectivity index (χ2v) is 6.53. The van der Waals surface area contributed by atoms with Gasteiger partial charge in [0, 0.05) is 19.6 Å². The average molecular weight is 339 g/mol. The minimum atomic E-state index is -0.734. The highest BCUT2D eigenvalue weighted by Gasteiger charge is 2.40. The van der Waals surface area contributed by atoms with E-state index in [4.69, 9.17) is 10.5 Å². The van der Waals surface area contributed by atoms with Crippen molar-refractivity contribution in [2.45, 2.75) is 24.9 Å². The Hall–Kier alpha value is -2.53. The van der Waals surface area contributed by atoms with E-state index in [0.29, 0.717) is 12.8 Å². The third kappa shape index (κ3) is 3.94. The van der Waals surface area contributed by atoms with E-state index in [2.05, 4.69) is 34.5 Å². The Labute approximate surface area is 148 Å². The smallest absolute Gasteiger partial charge is 0.243 e. The van der Waals surface area contributed by atoms with E-state index in [1.165, 1.54) is 5.56 Å². The van der Waals surface area contributed by atoms with Crippen LogP contribution >= 0.6 is 0 Å². The maximum Gasteiger partial charge on any atom is 0.243 e. The average Bonchev–Trinajstić information content (AvgIpc) is 2.64. The summed E-state index contributed by atoms with van der Waals surface area (Å²) in [4.78, 5) is 14.6. The van der Waals surface area contributed by atoms with Crippen molar-refractivity contribution in [1.82, 2.24) is 4.90 Å². The molecular weight excluding hydrogens is 314 g/mol. The summed E-state index contributed by atoms with van der Waals surface area (Å²) < 4.78 is 5.39. The fourth-order valence-corrected chi connectivity index (χ4v) is 3.37. The highest BCUT2D eigenvalue weighted by molar-refractivity contribution is 5.88. The molecule has 132 valence electrons. The molecule has 25 heavy (non-hydrogen) atoms. The van der Waals surface area contributed by atoms with Gasteiger partial charge >= 0.3 is 0 Å². The molecule has 5 nitrogen and oxygen atoms in total. The molecule has 0 spiro atoms. The van der Waals surface area contributed by atoms with E-state index >= 15 is 0 Å². The largest absolute Gasteiger partial charge is 0.495 e. The van der Waals surface area contributed by atoms with Crippen LogP contribution in [0.1, 0.15) is 18.4 Å². The third-order valence-corrected chi connectivity index (χ3v) is 4.91. The standard InChI is InChI=1S/C20H25N3O2/c1-25-18-10-6-5-9-17(18)22-20(19(21)24)11-13-23(14-12-20)15-16-7-3-2-4-8-16/h2-10,22H,11-15H2,1H3,(H2,21,24). The van der Waals surface area contributed by atoms with Gasteiger partial charge in [-0.15, -0.1) is 0 Å². The lowest BCUT2D eigenvalue weighted by Gasteiger charge is -2.41. The summed E-state index contributed by atoms with van der Waals surface area (Å²) in [6.45, 7) is 2.53. The molecule has 1 aliphatic heterocycles. The van der Waals surface area contributed by atoms with Crippen molar-refractivity contribution in [3.8, 4) is 5.75 Å². The Bertz CT molecular complexity index is 710. The van der Waals surface area contributed by atoms with Gasteiger partial charge in [0.05, 0.1) is 12.8 Å². The fraction of sp³-hybridized carbons (Fsp3) is 0.350. The molecule has 1 fully saturated rings. The molecule has 0 bridgehead atoms. The molecule has 0 unspecified atom stereocenters. The van der Waals surface area contributed by atoms with E-state index in [1.54, 1.807) is 7.11 Å². The lowest BCUT2D eigenvalue weighted by atomic mass is 9.86. The third-order valence-electron chi connectivity index (χ3n) is 4.91. The zero-order valence-electron chi connectivity index (χ0n) is 14.6. The number of anilines is 1. The van der Waals surface area contributed by atoms with Gasteiger partial charge in [0.1, 0.15) is 11.3 Å². The second-order valence-electron chi connectivity index (χ2n) is 6.53.